The summed E-state index contributed by atoms with van der Waals surface area (Å²) < 4.78 is 0.874. The van der Waals surface area contributed by atoms with E-state index in [1.807, 2.05) is 61.5 Å². The topological polar surface area (TPSA) is 49.3 Å². The minimum absolute atomic E-state index is 0.0300. The lowest BCUT2D eigenvalue weighted by atomic mass is 9.87. The number of hydrogen-bond acceptors (Lipinski definition) is 2. The first-order chi connectivity index (χ1) is 13.5. The summed E-state index contributed by atoms with van der Waals surface area (Å²) >= 11 is 3.47. The molecule has 0 unspecified atom stereocenters. The molecule has 2 N–H and O–H groups in total. The molecule has 3 nitrogen and oxygen atoms in total. The van der Waals surface area contributed by atoms with E-state index in [-0.39, 0.29) is 30.0 Å². The smallest absolute Gasteiger partial charge is 0.221 e. The number of amides is 1. The van der Waals surface area contributed by atoms with Crippen molar-refractivity contribution in [3.63, 3.8) is 0 Å². The fourth-order valence-corrected chi connectivity index (χ4v) is 3.81. The van der Waals surface area contributed by atoms with Gasteiger partial charge in [0.15, 0.2) is 0 Å². The fourth-order valence-electron chi connectivity index (χ4n) is 3.44. The molecule has 0 spiro atoms. The van der Waals surface area contributed by atoms with E-state index in [9.17, 15) is 9.90 Å². The monoisotopic (exact) mass is 437 g/mol. The fraction of sp³-hybridized carbons (Fsp3) is 0.208. The summed E-state index contributed by atoms with van der Waals surface area (Å²) in [5.41, 5.74) is 2.94. The van der Waals surface area contributed by atoms with Gasteiger partial charge in [0.2, 0.25) is 5.91 Å². The molecule has 1 amide bonds. The van der Waals surface area contributed by atoms with Crippen LogP contribution in [0.25, 0.3) is 0 Å². The second-order valence-corrected chi connectivity index (χ2v) is 7.94. The molecule has 0 fully saturated rings. The van der Waals surface area contributed by atoms with E-state index in [1.54, 1.807) is 12.1 Å². The summed E-state index contributed by atoms with van der Waals surface area (Å²) in [6.07, 6.45) is 1.05. The largest absolute Gasteiger partial charge is 0.508 e. The maximum atomic E-state index is 12.8. The highest BCUT2D eigenvalue weighted by Crippen LogP contribution is 2.35. The molecule has 0 aromatic heterocycles. The summed E-state index contributed by atoms with van der Waals surface area (Å²) in [7, 11) is 0. The molecule has 0 aliphatic heterocycles. The second-order valence-electron chi connectivity index (χ2n) is 7.03. The molecule has 0 saturated carbocycles. The van der Waals surface area contributed by atoms with Crippen molar-refractivity contribution in [1.29, 1.82) is 0 Å². The van der Waals surface area contributed by atoms with Gasteiger partial charge in [-0.2, -0.15) is 0 Å². The molecular formula is C24H24BrNO2. The van der Waals surface area contributed by atoms with Crippen molar-refractivity contribution in [1.82, 2.24) is 5.32 Å². The highest BCUT2D eigenvalue weighted by molar-refractivity contribution is 9.10. The highest BCUT2D eigenvalue weighted by atomic mass is 79.9. The van der Waals surface area contributed by atoms with Crippen LogP contribution in [0.15, 0.2) is 83.3 Å². The van der Waals surface area contributed by atoms with Crippen LogP contribution < -0.4 is 5.32 Å². The molecule has 0 radical (unpaired) electrons. The van der Waals surface area contributed by atoms with Gasteiger partial charge in [0.25, 0.3) is 0 Å². The quantitative estimate of drug-likeness (QED) is 0.517. The van der Waals surface area contributed by atoms with Gasteiger partial charge in [-0.05, 0) is 42.7 Å². The van der Waals surface area contributed by atoms with Crippen molar-refractivity contribution in [3.05, 3.63) is 100 Å². The number of phenols is 1. The predicted octanol–water partition coefficient (Wildman–Crippen LogP) is 5.42. The van der Waals surface area contributed by atoms with Gasteiger partial charge in [0, 0.05) is 28.4 Å². The Morgan fingerprint density at radius 3 is 2.32 bits per heavy atom. The van der Waals surface area contributed by atoms with Crippen molar-refractivity contribution >= 4 is 21.8 Å². The summed E-state index contributed by atoms with van der Waals surface area (Å²) in [6, 6.07) is 25.3. The first-order valence-corrected chi connectivity index (χ1v) is 10.2. The first-order valence-electron chi connectivity index (χ1n) is 9.39. The van der Waals surface area contributed by atoms with E-state index >= 15 is 0 Å². The lowest BCUT2D eigenvalue weighted by Gasteiger charge is -2.21. The molecular weight excluding hydrogens is 414 g/mol. The van der Waals surface area contributed by atoms with Crippen LogP contribution in [-0.2, 0) is 11.2 Å². The Hall–Kier alpha value is -2.59. The molecule has 4 heteroatoms. The molecule has 0 aliphatic rings. The number of benzene rings is 3. The molecule has 0 heterocycles. The van der Waals surface area contributed by atoms with Gasteiger partial charge in [0.05, 0.1) is 0 Å². The predicted molar refractivity (Wildman–Crippen MR) is 116 cm³/mol. The van der Waals surface area contributed by atoms with Gasteiger partial charge in [0.1, 0.15) is 5.75 Å². The zero-order valence-corrected chi connectivity index (χ0v) is 17.4. The van der Waals surface area contributed by atoms with Gasteiger partial charge in [-0.15, -0.1) is 0 Å². The Bertz CT molecular complexity index is 912. The number of carbonyl (C=O) groups excluding carboxylic acids is 1. The van der Waals surface area contributed by atoms with E-state index in [0.717, 1.165) is 22.0 Å². The van der Waals surface area contributed by atoms with Gasteiger partial charge in [-0.25, -0.2) is 0 Å². The van der Waals surface area contributed by atoms with Gasteiger partial charge in [-0.1, -0.05) is 76.6 Å². The van der Waals surface area contributed by atoms with Gasteiger partial charge < -0.3 is 10.4 Å². The van der Waals surface area contributed by atoms with E-state index in [4.69, 9.17) is 0 Å². The molecule has 0 saturated heterocycles. The van der Waals surface area contributed by atoms with Crippen molar-refractivity contribution in [2.45, 2.75) is 31.7 Å². The Kier molecular flexibility index (Phi) is 6.88. The summed E-state index contributed by atoms with van der Waals surface area (Å²) in [4.78, 5) is 12.8. The van der Waals surface area contributed by atoms with Crippen LogP contribution in [0.2, 0.25) is 0 Å². The molecule has 0 aliphatic carbocycles. The van der Waals surface area contributed by atoms with E-state index in [2.05, 4.69) is 33.4 Å². The maximum Gasteiger partial charge on any atom is 0.221 e. The molecule has 3 aromatic rings. The van der Waals surface area contributed by atoms with Crippen LogP contribution in [0.1, 0.15) is 36.0 Å². The maximum absolute atomic E-state index is 12.8. The number of aromatic hydroxyl groups is 1. The second kappa shape index (κ2) is 9.56. The minimum atomic E-state index is -0.220. The summed E-state index contributed by atoms with van der Waals surface area (Å²) in [5, 5.41) is 13.5. The Morgan fingerprint density at radius 1 is 1.00 bits per heavy atom. The lowest BCUT2D eigenvalue weighted by Crippen LogP contribution is -2.35. The van der Waals surface area contributed by atoms with Crippen LogP contribution in [0.3, 0.4) is 0 Å². The van der Waals surface area contributed by atoms with E-state index in [1.165, 1.54) is 5.56 Å². The van der Waals surface area contributed by atoms with Crippen molar-refractivity contribution in [2.24, 2.45) is 0 Å². The average molecular weight is 438 g/mol. The Labute approximate surface area is 174 Å². The molecule has 3 rings (SSSR count). The summed E-state index contributed by atoms with van der Waals surface area (Å²) in [5.74, 6) is -0.0542. The first kappa shape index (κ1) is 20.2. The average Bonchev–Trinajstić information content (AvgIpc) is 2.69. The number of phenolic OH excluding ortho intramolecular Hbond substituents is 1. The zero-order valence-electron chi connectivity index (χ0n) is 15.8. The van der Waals surface area contributed by atoms with Crippen LogP contribution >= 0.6 is 15.9 Å². The number of halogens is 1. The van der Waals surface area contributed by atoms with Crippen molar-refractivity contribution in [2.75, 3.05) is 0 Å². The third-order valence-electron chi connectivity index (χ3n) is 4.75. The van der Waals surface area contributed by atoms with Gasteiger partial charge >= 0.3 is 0 Å². The Balaban J connectivity index is 1.76. The normalized spacial score (nSPS) is 12.9. The van der Waals surface area contributed by atoms with Crippen molar-refractivity contribution in [3.8, 4) is 5.75 Å². The Morgan fingerprint density at radius 2 is 1.64 bits per heavy atom. The number of hydrogen-bond donors (Lipinski definition) is 2. The third-order valence-corrected chi connectivity index (χ3v) is 5.24. The molecule has 28 heavy (non-hydrogen) atoms. The molecule has 144 valence electrons. The minimum Gasteiger partial charge on any atom is -0.508 e. The molecule has 3 aromatic carbocycles. The van der Waals surface area contributed by atoms with Crippen LogP contribution in [0.4, 0.5) is 0 Å². The standard InChI is InChI=1S/C24H24BrNO2/c1-17(14-18-8-4-2-5-9-18)26-24(28)16-21(19-10-6-3-7-11-19)22-15-20(25)12-13-23(22)27/h2-13,15,17,21,27H,14,16H2,1H3,(H,26,28)/t17-,21-/m1/s1. The van der Waals surface area contributed by atoms with E-state index < -0.39 is 0 Å². The summed E-state index contributed by atoms with van der Waals surface area (Å²) in [6.45, 7) is 2.01. The van der Waals surface area contributed by atoms with Crippen LogP contribution in [-0.4, -0.2) is 17.1 Å². The van der Waals surface area contributed by atoms with Crippen molar-refractivity contribution < 1.29 is 9.90 Å². The number of rotatable bonds is 7. The lowest BCUT2D eigenvalue weighted by molar-refractivity contribution is -0.121. The number of nitrogens with one attached hydrogen (secondary N) is 1. The van der Waals surface area contributed by atoms with Crippen LogP contribution in [0.5, 0.6) is 5.75 Å². The number of carbonyl (C=O) groups is 1. The molecule has 0 bridgehead atoms. The van der Waals surface area contributed by atoms with E-state index in [0.29, 0.717) is 0 Å². The molecule has 2 atom stereocenters. The third kappa shape index (κ3) is 5.46. The van der Waals surface area contributed by atoms with Gasteiger partial charge in [-0.3, -0.25) is 4.79 Å². The SMILES string of the molecule is C[C@H](Cc1ccccc1)NC(=O)C[C@H](c1ccccc1)c1cc(Br)ccc1O. The highest BCUT2D eigenvalue weighted by Gasteiger charge is 2.22. The zero-order chi connectivity index (χ0) is 19.9. The van der Waals surface area contributed by atoms with Crippen LogP contribution in [0, 0.1) is 0 Å².